The number of carbonyl (C=O) groups is 1. The highest BCUT2D eigenvalue weighted by molar-refractivity contribution is 6.31. The number of nitrogens with one attached hydrogen (secondary N) is 2. The van der Waals surface area contributed by atoms with Gasteiger partial charge < -0.3 is 15.7 Å². The highest BCUT2D eigenvalue weighted by Crippen LogP contribution is 2.36. The molecule has 0 heterocycles. The molecule has 0 aromatic heterocycles. The number of urea groups is 1. The van der Waals surface area contributed by atoms with Gasteiger partial charge in [-0.15, -0.1) is 0 Å². The molecule has 0 aliphatic heterocycles. The summed E-state index contributed by atoms with van der Waals surface area (Å²) in [4.78, 5) is 11.4. The normalized spacial score (nSPS) is 12.9. The number of aliphatic hydroxyl groups excluding tert-OH is 1. The third-order valence-corrected chi connectivity index (χ3v) is 2.51. The molecule has 19 heavy (non-hydrogen) atoms. The van der Waals surface area contributed by atoms with Gasteiger partial charge in [-0.2, -0.15) is 13.2 Å². The second-order valence-corrected chi connectivity index (χ2v) is 4.28. The minimum absolute atomic E-state index is 0.0423. The zero-order valence-corrected chi connectivity index (χ0v) is 10.6. The summed E-state index contributed by atoms with van der Waals surface area (Å²) >= 11 is 5.44. The van der Waals surface area contributed by atoms with Crippen molar-refractivity contribution in [3.63, 3.8) is 0 Å². The third-order valence-electron chi connectivity index (χ3n) is 2.18. The topological polar surface area (TPSA) is 61.4 Å². The Labute approximate surface area is 112 Å². The molecular formula is C11H12ClF3N2O2. The number of amides is 2. The Kier molecular flexibility index (Phi) is 5.02. The van der Waals surface area contributed by atoms with E-state index in [2.05, 4.69) is 10.6 Å². The molecule has 0 radical (unpaired) electrons. The molecule has 1 atom stereocenters. The molecule has 2 amide bonds. The lowest BCUT2D eigenvalue weighted by Crippen LogP contribution is -2.38. The average molecular weight is 297 g/mol. The van der Waals surface area contributed by atoms with Crippen molar-refractivity contribution in [3.05, 3.63) is 28.8 Å². The second-order valence-electron chi connectivity index (χ2n) is 3.87. The Balaban J connectivity index is 2.83. The van der Waals surface area contributed by atoms with Crippen LogP contribution in [0.25, 0.3) is 0 Å². The van der Waals surface area contributed by atoms with E-state index in [4.69, 9.17) is 16.7 Å². The number of hydrogen-bond acceptors (Lipinski definition) is 2. The maximum Gasteiger partial charge on any atom is 0.417 e. The lowest BCUT2D eigenvalue weighted by atomic mass is 10.2. The first-order valence-electron chi connectivity index (χ1n) is 5.29. The van der Waals surface area contributed by atoms with Crippen molar-refractivity contribution in [3.8, 4) is 0 Å². The van der Waals surface area contributed by atoms with Crippen molar-refractivity contribution >= 4 is 23.3 Å². The Morgan fingerprint density at radius 2 is 2.11 bits per heavy atom. The number of rotatable bonds is 3. The molecule has 0 spiro atoms. The van der Waals surface area contributed by atoms with Gasteiger partial charge in [-0.05, 0) is 25.1 Å². The van der Waals surface area contributed by atoms with Crippen LogP contribution in [0.5, 0.6) is 0 Å². The van der Waals surface area contributed by atoms with Crippen LogP contribution in [0.2, 0.25) is 5.02 Å². The number of benzene rings is 1. The van der Waals surface area contributed by atoms with Crippen LogP contribution >= 0.6 is 11.6 Å². The Bertz CT molecular complexity index is 466. The quantitative estimate of drug-likeness (QED) is 0.803. The van der Waals surface area contributed by atoms with Gasteiger partial charge in [-0.1, -0.05) is 11.6 Å². The standard InChI is InChI=1S/C11H12ClF3N2O2/c1-6(5-18)16-10(19)17-7-2-3-9(12)8(4-7)11(13,14)15/h2-4,6,18H,5H2,1H3,(H2,16,17,19)/t6-/m0/s1. The van der Waals surface area contributed by atoms with Gasteiger partial charge in [0.1, 0.15) is 0 Å². The minimum Gasteiger partial charge on any atom is -0.394 e. The number of anilines is 1. The summed E-state index contributed by atoms with van der Waals surface area (Å²) in [5.41, 5.74) is -1.07. The lowest BCUT2D eigenvalue weighted by Gasteiger charge is -2.14. The average Bonchev–Trinajstić information content (AvgIpc) is 2.29. The van der Waals surface area contributed by atoms with E-state index in [0.717, 1.165) is 12.1 Å². The number of aliphatic hydroxyl groups is 1. The van der Waals surface area contributed by atoms with Gasteiger partial charge >= 0.3 is 12.2 Å². The van der Waals surface area contributed by atoms with Crippen molar-refractivity contribution in [2.24, 2.45) is 0 Å². The summed E-state index contributed by atoms with van der Waals surface area (Å²) in [6, 6.07) is 1.83. The summed E-state index contributed by atoms with van der Waals surface area (Å²) in [7, 11) is 0. The molecule has 0 bridgehead atoms. The second kappa shape index (κ2) is 6.12. The number of hydrogen-bond donors (Lipinski definition) is 3. The highest BCUT2D eigenvalue weighted by Gasteiger charge is 2.33. The molecule has 0 fully saturated rings. The fourth-order valence-electron chi connectivity index (χ4n) is 1.26. The zero-order valence-electron chi connectivity index (χ0n) is 9.88. The molecule has 0 unspecified atom stereocenters. The predicted molar refractivity (Wildman–Crippen MR) is 65.2 cm³/mol. The van der Waals surface area contributed by atoms with Crippen LogP contribution in [0.3, 0.4) is 0 Å². The summed E-state index contributed by atoms with van der Waals surface area (Å²) in [5.74, 6) is 0. The third kappa shape index (κ3) is 4.60. The van der Waals surface area contributed by atoms with E-state index in [0.29, 0.717) is 0 Å². The van der Waals surface area contributed by atoms with Gasteiger partial charge in [-0.25, -0.2) is 4.79 Å². The van der Waals surface area contributed by atoms with Crippen LogP contribution in [-0.2, 0) is 6.18 Å². The van der Waals surface area contributed by atoms with E-state index in [-0.39, 0.29) is 12.3 Å². The summed E-state index contributed by atoms with van der Waals surface area (Å²) < 4.78 is 37.8. The van der Waals surface area contributed by atoms with E-state index in [1.54, 1.807) is 6.92 Å². The van der Waals surface area contributed by atoms with Crippen LogP contribution in [0, 0.1) is 0 Å². The van der Waals surface area contributed by atoms with Crippen molar-refractivity contribution in [1.82, 2.24) is 5.32 Å². The van der Waals surface area contributed by atoms with Gasteiger partial charge in [0.25, 0.3) is 0 Å². The molecule has 0 aliphatic rings. The van der Waals surface area contributed by atoms with E-state index < -0.39 is 28.8 Å². The smallest absolute Gasteiger partial charge is 0.394 e. The summed E-state index contributed by atoms with van der Waals surface area (Å²) in [6.07, 6.45) is -4.59. The van der Waals surface area contributed by atoms with E-state index in [1.807, 2.05) is 0 Å². The van der Waals surface area contributed by atoms with Crippen molar-refractivity contribution in [1.29, 1.82) is 0 Å². The van der Waals surface area contributed by atoms with Crippen LogP contribution in [0.1, 0.15) is 12.5 Å². The van der Waals surface area contributed by atoms with Crippen LogP contribution in [-0.4, -0.2) is 23.8 Å². The molecule has 0 aliphatic carbocycles. The predicted octanol–water partition coefficient (Wildman–Crippen LogP) is 2.86. The largest absolute Gasteiger partial charge is 0.417 e. The first-order valence-corrected chi connectivity index (χ1v) is 5.67. The molecule has 1 rings (SSSR count). The van der Waals surface area contributed by atoms with E-state index in [9.17, 15) is 18.0 Å². The first-order chi connectivity index (χ1) is 8.74. The molecule has 0 saturated carbocycles. The van der Waals surface area contributed by atoms with E-state index >= 15 is 0 Å². The number of alkyl halides is 3. The molecule has 4 nitrogen and oxygen atoms in total. The molecule has 0 saturated heterocycles. The number of carbonyl (C=O) groups excluding carboxylic acids is 1. The number of halogens is 4. The molecule has 3 N–H and O–H groups in total. The molecule has 8 heteroatoms. The summed E-state index contributed by atoms with van der Waals surface area (Å²) in [6.45, 7) is 1.27. The minimum atomic E-state index is -4.59. The van der Waals surface area contributed by atoms with Gasteiger partial charge in [0.15, 0.2) is 0 Å². The lowest BCUT2D eigenvalue weighted by molar-refractivity contribution is -0.137. The van der Waals surface area contributed by atoms with Crippen molar-refractivity contribution < 1.29 is 23.1 Å². The van der Waals surface area contributed by atoms with Crippen LogP contribution in [0.15, 0.2) is 18.2 Å². The molecule has 1 aromatic carbocycles. The van der Waals surface area contributed by atoms with Crippen molar-refractivity contribution in [2.45, 2.75) is 19.1 Å². The molecular weight excluding hydrogens is 285 g/mol. The van der Waals surface area contributed by atoms with E-state index in [1.165, 1.54) is 6.07 Å². The van der Waals surface area contributed by atoms with Gasteiger partial charge in [-0.3, -0.25) is 0 Å². The Morgan fingerprint density at radius 1 is 1.47 bits per heavy atom. The van der Waals surface area contributed by atoms with Gasteiger partial charge in [0.2, 0.25) is 0 Å². The van der Waals surface area contributed by atoms with Gasteiger partial charge in [0.05, 0.1) is 23.2 Å². The maximum absolute atomic E-state index is 12.6. The summed E-state index contributed by atoms with van der Waals surface area (Å²) in [5, 5.41) is 12.8. The van der Waals surface area contributed by atoms with Crippen LogP contribution < -0.4 is 10.6 Å². The van der Waals surface area contributed by atoms with Crippen molar-refractivity contribution in [2.75, 3.05) is 11.9 Å². The molecule has 1 aromatic rings. The Morgan fingerprint density at radius 3 is 2.63 bits per heavy atom. The molecule has 106 valence electrons. The van der Waals surface area contributed by atoms with Crippen LogP contribution in [0.4, 0.5) is 23.7 Å². The maximum atomic E-state index is 12.6. The fraction of sp³-hybridized carbons (Fsp3) is 0.364. The monoisotopic (exact) mass is 296 g/mol. The SMILES string of the molecule is C[C@@H](CO)NC(=O)Nc1ccc(Cl)c(C(F)(F)F)c1. The Hall–Kier alpha value is -1.47. The van der Waals surface area contributed by atoms with Gasteiger partial charge in [0, 0.05) is 5.69 Å². The fourth-order valence-corrected chi connectivity index (χ4v) is 1.48. The zero-order chi connectivity index (χ0) is 14.6. The highest BCUT2D eigenvalue weighted by atomic mass is 35.5. The first kappa shape index (κ1) is 15.6.